The van der Waals surface area contributed by atoms with Crippen LogP contribution in [0.1, 0.15) is 25.0 Å². The molecule has 200 valence electrons. The Morgan fingerprint density at radius 2 is 1.68 bits per heavy atom. The van der Waals surface area contributed by atoms with Gasteiger partial charge in [0.2, 0.25) is 17.7 Å². The fourth-order valence-corrected chi connectivity index (χ4v) is 4.10. The van der Waals surface area contributed by atoms with Gasteiger partial charge in [-0.2, -0.15) is 4.98 Å². The van der Waals surface area contributed by atoms with Gasteiger partial charge in [-0.25, -0.2) is 4.98 Å². The first-order valence-corrected chi connectivity index (χ1v) is 12.6. The van der Waals surface area contributed by atoms with E-state index in [2.05, 4.69) is 15.3 Å². The molecule has 2 heterocycles. The van der Waals surface area contributed by atoms with Gasteiger partial charge in [0.1, 0.15) is 10.9 Å². The van der Waals surface area contributed by atoms with Crippen molar-refractivity contribution in [3.05, 3.63) is 70.9 Å². The molecule has 0 spiro atoms. The van der Waals surface area contributed by atoms with Crippen molar-refractivity contribution in [2.24, 2.45) is 0 Å². The maximum absolute atomic E-state index is 13.2. The average molecular weight is 539 g/mol. The minimum absolute atomic E-state index is 0.0841. The minimum atomic E-state index is -0.0841. The van der Waals surface area contributed by atoms with E-state index >= 15 is 0 Å². The van der Waals surface area contributed by atoms with Gasteiger partial charge in [-0.05, 0) is 54.8 Å². The lowest BCUT2D eigenvalue weighted by Gasteiger charge is -2.26. The Morgan fingerprint density at radius 3 is 2.34 bits per heavy atom. The van der Waals surface area contributed by atoms with Crippen molar-refractivity contribution < 1.29 is 23.7 Å². The lowest BCUT2D eigenvalue weighted by Crippen LogP contribution is -2.39. The lowest BCUT2D eigenvalue weighted by atomic mass is 9.96. The van der Waals surface area contributed by atoms with Gasteiger partial charge < -0.3 is 29.2 Å². The number of hydrogen-bond acceptors (Lipinski definition) is 8. The number of methoxy groups -OCH3 is 2. The summed E-state index contributed by atoms with van der Waals surface area (Å²) in [5.74, 6) is 2.36. The Bertz CT molecular complexity index is 1290. The van der Waals surface area contributed by atoms with Crippen LogP contribution in [0.15, 0.2) is 54.6 Å². The van der Waals surface area contributed by atoms with Crippen molar-refractivity contribution >= 4 is 29.0 Å². The Hall–Kier alpha value is -3.82. The van der Waals surface area contributed by atoms with E-state index in [1.54, 1.807) is 31.3 Å². The van der Waals surface area contributed by atoms with E-state index in [-0.39, 0.29) is 17.1 Å². The van der Waals surface area contributed by atoms with Crippen LogP contribution in [-0.2, 0) is 9.53 Å². The SMILES string of the molecule is COc1ccc(C(=CC(=O)N2CCOCC2)c2ccc(Oc3cc(Cl)nc(NC(C)C)n3)cc2)cc1OC. The number of rotatable bonds is 9. The Labute approximate surface area is 227 Å². The largest absolute Gasteiger partial charge is 0.493 e. The molecule has 10 heteroatoms. The van der Waals surface area contributed by atoms with Crippen molar-refractivity contribution in [1.29, 1.82) is 0 Å². The van der Waals surface area contributed by atoms with E-state index in [4.69, 9.17) is 30.5 Å². The molecular formula is C28H31ClN4O5. The molecule has 1 aliphatic rings. The number of anilines is 1. The molecular weight excluding hydrogens is 508 g/mol. The Kier molecular flexibility index (Phi) is 9.04. The number of hydrogen-bond donors (Lipinski definition) is 1. The molecule has 1 amide bonds. The average Bonchev–Trinajstić information content (AvgIpc) is 2.91. The molecule has 1 saturated heterocycles. The predicted octanol–water partition coefficient (Wildman–Crippen LogP) is 5.05. The summed E-state index contributed by atoms with van der Waals surface area (Å²) in [5.41, 5.74) is 2.38. The number of halogens is 1. The van der Waals surface area contributed by atoms with Crippen LogP contribution in [0.3, 0.4) is 0 Å². The van der Waals surface area contributed by atoms with Gasteiger partial charge in [-0.15, -0.1) is 0 Å². The van der Waals surface area contributed by atoms with Gasteiger partial charge in [0, 0.05) is 31.3 Å². The number of carbonyl (C=O) groups is 1. The molecule has 9 nitrogen and oxygen atoms in total. The first kappa shape index (κ1) is 27.2. The van der Waals surface area contributed by atoms with E-state index in [1.807, 2.05) is 56.3 Å². The third-order valence-electron chi connectivity index (χ3n) is 5.76. The number of carbonyl (C=O) groups excluding carboxylic acids is 1. The number of benzene rings is 2. The number of morpholine rings is 1. The summed E-state index contributed by atoms with van der Waals surface area (Å²) < 4.78 is 22.2. The van der Waals surface area contributed by atoms with Gasteiger partial charge in [0.05, 0.1) is 27.4 Å². The second-order valence-electron chi connectivity index (χ2n) is 8.84. The molecule has 1 fully saturated rings. The predicted molar refractivity (Wildman–Crippen MR) is 146 cm³/mol. The van der Waals surface area contributed by atoms with Crippen molar-refractivity contribution in [3.8, 4) is 23.1 Å². The van der Waals surface area contributed by atoms with Crippen LogP contribution >= 0.6 is 11.6 Å². The highest BCUT2D eigenvalue weighted by Gasteiger charge is 2.18. The third-order valence-corrected chi connectivity index (χ3v) is 5.96. The van der Waals surface area contributed by atoms with Crippen molar-refractivity contribution in [3.63, 3.8) is 0 Å². The molecule has 4 rings (SSSR count). The highest BCUT2D eigenvalue weighted by molar-refractivity contribution is 6.29. The highest BCUT2D eigenvalue weighted by Crippen LogP contribution is 2.34. The molecule has 2 aromatic carbocycles. The smallest absolute Gasteiger partial charge is 0.247 e. The summed E-state index contributed by atoms with van der Waals surface area (Å²) in [6, 6.07) is 14.7. The quantitative estimate of drug-likeness (QED) is 0.299. The molecule has 0 saturated carbocycles. The molecule has 1 aliphatic heterocycles. The van der Waals surface area contributed by atoms with E-state index in [0.717, 1.165) is 16.7 Å². The summed E-state index contributed by atoms with van der Waals surface area (Å²) >= 11 is 6.15. The molecule has 0 unspecified atom stereocenters. The first-order chi connectivity index (χ1) is 18.4. The third kappa shape index (κ3) is 6.93. The van der Waals surface area contributed by atoms with E-state index in [0.29, 0.717) is 55.4 Å². The number of nitrogens with zero attached hydrogens (tertiary/aromatic N) is 3. The number of ether oxygens (including phenoxy) is 4. The zero-order chi connectivity index (χ0) is 27.1. The zero-order valence-corrected chi connectivity index (χ0v) is 22.6. The fourth-order valence-electron chi connectivity index (χ4n) is 3.93. The van der Waals surface area contributed by atoms with Crippen molar-refractivity contribution in [1.82, 2.24) is 14.9 Å². The maximum Gasteiger partial charge on any atom is 0.247 e. The summed E-state index contributed by atoms with van der Waals surface area (Å²) in [6.45, 7) is 6.12. The second kappa shape index (κ2) is 12.6. The monoisotopic (exact) mass is 538 g/mol. The van der Waals surface area contributed by atoms with Gasteiger partial charge in [-0.1, -0.05) is 29.8 Å². The van der Waals surface area contributed by atoms with Crippen molar-refractivity contribution in [2.45, 2.75) is 19.9 Å². The molecule has 1 aromatic heterocycles. The standard InChI is InChI=1S/C28H31ClN4O5/c1-18(2)30-28-31-25(29)17-26(32-28)38-21-8-5-19(6-9-21)22(16-27(34)33-11-13-37-14-12-33)20-7-10-23(35-3)24(15-20)36-4/h5-10,15-18H,11-14H2,1-4H3,(H,30,31,32). The van der Waals surface area contributed by atoms with Crippen LogP contribution in [0, 0.1) is 0 Å². The van der Waals surface area contributed by atoms with E-state index < -0.39 is 0 Å². The van der Waals surface area contributed by atoms with Gasteiger partial charge >= 0.3 is 0 Å². The summed E-state index contributed by atoms with van der Waals surface area (Å²) in [4.78, 5) is 23.5. The first-order valence-electron chi connectivity index (χ1n) is 12.3. The van der Waals surface area contributed by atoms with Crippen molar-refractivity contribution in [2.75, 3.05) is 45.8 Å². The van der Waals surface area contributed by atoms with Crippen LogP contribution < -0.4 is 19.5 Å². The summed E-state index contributed by atoms with van der Waals surface area (Å²) in [7, 11) is 3.17. The van der Waals surface area contributed by atoms with E-state index in [9.17, 15) is 4.79 Å². The van der Waals surface area contributed by atoms with Crippen LogP contribution in [0.5, 0.6) is 23.1 Å². The maximum atomic E-state index is 13.2. The molecule has 0 atom stereocenters. The zero-order valence-electron chi connectivity index (χ0n) is 21.9. The van der Waals surface area contributed by atoms with Crippen LogP contribution in [0.25, 0.3) is 5.57 Å². The van der Waals surface area contributed by atoms with Crippen LogP contribution in [-0.4, -0.2) is 67.3 Å². The summed E-state index contributed by atoms with van der Waals surface area (Å²) in [6.07, 6.45) is 1.65. The highest BCUT2D eigenvalue weighted by atomic mass is 35.5. The molecule has 0 bridgehead atoms. The topological polar surface area (TPSA) is 95.0 Å². The molecule has 0 radical (unpaired) electrons. The molecule has 38 heavy (non-hydrogen) atoms. The fraction of sp³-hybridized carbons (Fsp3) is 0.321. The normalized spacial score (nSPS) is 13.8. The van der Waals surface area contributed by atoms with Crippen LogP contribution in [0.2, 0.25) is 5.15 Å². The minimum Gasteiger partial charge on any atom is -0.493 e. The van der Waals surface area contributed by atoms with Gasteiger partial charge in [-0.3, -0.25) is 4.79 Å². The van der Waals surface area contributed by atoms with Crippen LogP contribution in [0.4, 0.5) is 5.95 Å². The summed E-state index contributed by atoms with van der Waals surface area (Å²) in [5, 5.41) is 3.39. The number of nitrogens with one attached hydrogen (secondary N) is 1. The Morgan fingerprint density at radius 1 is 1.00 bits per heavy atom. The van der Waals surface area contributed by atoms with Gasteiger partial charge in [0.15, 0.2) is 11.5 Å². The second-order valence-corrected chi connectivity index (χ2v) is 9.23. The Balaban J connectivity index is 1.64. The number of amides is 1. The molecule has 3 aromatic rings. The van der Waals surface area contributed by atoms with Gasteiger partial charge in [0.25, 0.3) is 0 Å². The number of aromatic nitrogens is 2. The lowest BCUT2D eigenvalue weighted by molar-refractivity contribution is -0.129. The van der Waals surface area contributed by atoms with E-state index in [1.165, 1.54) is 0 Å². The molecule has 1 N–H and O–H groups in total. The molecule has 0 aliphatic carbocycles.